The fourth-order valence-corrected chi connectivity index (χ4v) is 6.25. The molecule has 0 aromatic carbocycles. The van der Waals surface area contributed by atoms with Crippen molar-refractivity contribution in [2.75, 3.05) is 5.75 Å². The molecule has 0 unspecified atom stereocenters. The zero-order valence-corrected chi connectivity index (χ0v) is 16.3. The minimum absolute atomic E-state index is 0.0511. The topological polar surface area (TPSA) is 119 Å². The SMILES string of the molecule is Cc1oncc1S(=O)(=O)C[C@H]1C[C@@H](C)[C@@H](c2nnc3cnc4[nH]ccc4n23)C1. The molecule has 0 aliphatic heterocycles. The third-order valence-corrected chi connectivity index (χ3v) is 7.75. The summed E-state index contributed by atoms with van der Waals surface area (Å²) in [7, 11) is -3.43. The minimum atomic E-state index is -3.43. The number of nitrogens with zero attached hydrogens (tertiary/aromatic N) is 5. The van der Waals surface area contributed by atoms with Gasteiger partial charge in [-0.05, 0) is 37.7 Å². The van der Waals surface area contributed by atoms with Crippen LogP contribution in [0, 0.1) is 18.8 Å². The Kier molecular flexibility index (Phi) is 3.80. The van der Waals surface area contributed by atoms with Gasteiger partial charge in [0.1, 0.15) is 10.7 Å². The van der Waals surface area contributed by atoms with Crippen molar-refractivity contribution in [1.29, 1.82) is 0 Å². The van der Waals surface area contributed by atoms with E-state index in [1.54, 1.807) is 13.1 Å². The Balaban J connectivity index is 1.46. The van der Waals surface area contributed by atoms with Gasteiger partial charge >= 0.3 is 0 Å². The number of hydrogen-bond donors (Lipinski definition) is 1. The highest BCUT2D eigenvalue weighted by molar-refractivity contribution is 7.91. The van der Waals surface area contributed by atoms with Crippen molar-refractivity contribution in [2.45, 2.75) is 37.5 Å². The molecule has 1 N–H and O–H groups in total. The summed E-state index contributed by atoms with van der Waals surface area (Å²) >= 11 is 0. The van der Waals surface area contributed by atoms with Crippen molar-refractivity contribution in [1.82, 2.24) is 29.7 Å². The van der Waals surface area contributed by atoms with Gasteiger partial charge in [0.05, 0.1) is 23.7 Å². The first-order valence-electron chi connectivity index (χ1n) is 9.25. The molecule has 0 saturated heterocycles. The van der Waals surface area contributed by atoms with Crippen LogP contribution in [0.1, 0.15) is 37.3 Å². The summed E-state index contributed by atoms with van der Waals surface area (Å²) in [4.78, 5) is 7.66. The molecule has 0 spiro atoms. The van der Waals surface area contributed by atoms with Gasteiger partial charge in [-0.15, -0.1) is 10.2 Å². The lowest BCUT2D eigenvalue weighted by atomic mass is 9.97. The zero-order valence-electron chi connectivity index (χ0n) is 15.5. The van der Waals surface area contributed by atoms with Crippen LogP contribution in [-0.2, 0) is 9.84 Å². The van der Waals surface area contributed by atoms with E-state index in [2.05, 4.69) is 32.2 Å². The summed E-state index contributed by atoms with van der Waals surface area (Å²) in [5.41, 5.74) is 2.41. The number of aryl methyl sites for hydroxylation is 1. The maximum absolute atomic E-state index is 12.8. The second-order valence-corrected chi connectivity index (χ2v) is 9.67. The monoisotopic (exact) mass is 400 g/mol. The van der Waals surface area contributed by atoms with Crippen LogP contribution >= 0.6 is 0 Å². The molecule has 4 aromatic rings. The maximum Gasteiger partial charge on any atom is 0.183 e. The standard InChI is InChI=1S/C18H20N6O3S/c1-10-5-12(9-28(25,26)15-7-21-27-11(15)2)6-13(10)18-23-22-16-8-20-17-14(24(16)18)3-4-19-17/h3-4,7-8,10,12-13,19H,5-6,9H2,1-2H3/t10-,12+,13+/m1/s1. The van der Waals surface area contributed by atoms with Crippen molar-refractivity contribution in [3.05, 3.63) is 36.2 Å². The lowest BCUT2D eigenvalue weighted by Crippen LogP contribution is -2.15. The highest BCUT2D eigenvalue weighted by atomic mass is 32.2. The second kappa shape index (κ2) is 6.13. The molecule has 146 valence electrons. The summed E-state index contributed by atoms with van der Waals surface area (Å²) in [6, 6.07) is 1.96. The molecule has 10 heteroatoms. The van der Waals surface area contributed by atoms with Crippen molar-refractivity contribution in [2.24, 2.45) is 11.8 Å². The van der Waals surface area contributed by atoms with Gasteiger partial charge in [0, 0.05) is 12.1 Å². The molecule has 0 radical (unpaired) electrons. The molecule has 9 nitrogen and oxygen atoms in total. The van der Waals surface area contributed by atoms with Gasteiger partial charge in [-0.1, -0.05) is 12.1 Å². The first kappa shape index (κ1) is 17.4. The number of rotatable bonds is 4. The summed E-state index contributed by atoms with van der Waals surface area (Å²) in [5, 5.41) is 12.3. The van der Waals surface area contributed by atoms with Crippen LogP contribution in [-0.4, -0.2) is 43.9 Å². The Morgan fingerprint density at radius 2 is 2.14 bits per heavy atom. The molecule has 1 fully saturated rings. The Morgan fingerprint density at radius 1 is 1.29 bits per heavy atom. The lowest BCUT2D eigenvalue weighted by Gasteiger charge is -2.13. The lowest BCUT2D eigenvalue weighted by molar-refractivity contribution is 0.394. The Morgan fingerprint density at radius 3 is 2.93 bits per heavy atom. The fraction of sp³-hybridized carbons (Fsp3) is 0.444. The molecule has 1 saturated carbocycles. The average molecular weight is 400 g/mol. The van der Waals surface area contributed by atoms with E-state index < -0.39 is 9.84 Å². The van der Waals surface area contributed by atoms with Crippen LogP contribution in [0.3, 0.4) is 0 Å². The van der Waals surface area contributed by atoms with E-state index in [1.165, 1.54) is 6.20 Å². The predicted octanol–water partition coefficient (Wildman–Crippen LogP) is 2.51. The van der Waals surface area contributed by atoms with Gasteiger partial charge in [-0.2, -0.15) is 0 Å². The summed E-state index contributed by atoms with van der Waals surface area (Å²) in [5.74, 6) is 1.80. The van der Waals surface area contributed by atoms with Crippen LogP contribution in [0.15, 0.2) is 34.1 Å². The number of aromatic nitrogens is 6. The first-order valence-corrected chi connectivity index (χ1v) is 10.9. The van der Waals surface area contributed by atoms with Gasteiger partial charge in [-0.25, -0.2) is 13.4 Å². The Hall–Kier alpha value is -2.75. The van der Waals surface area contributed by atoms with Crippen LogP contribution in [0.4, 0.5) is 0 Å². The highest BCUT2D eigenvalue weighted by Gasteiger charge is 2.38. The molecule has 5 rings (SSSR count). The van der Waals surface area contributed by atoms with E-state index in [4.69, 9.17) is 4.52 Å². The number of sulfone groups is 1. The predicted molar refractivity (Wildman–Crippen MR) is 101 cm³/mol. The quantitative estimate of drug-likeness (QED) is 0.559. The van der Waals surface area contributed by atoms with Crippen LogP contribution in [0.25, 0.3) is 16.8 Å². The van der Waals surface area contributed by atoms with Crippen molar-refractivity contribution >= 4 is 26.6 Å². The summed E-state index contributed by atoms with van der Waals surface area (Å²) in [6.45, 7) is 3.77. The number of nitrogens with one attached hydrogen (secondary N) is 1. The molecule has 1 aliphatic rings. The van der Waals surface area contributed by atoms with Gasteiger partial charge in [0.25, 0.3) is 0 Å². The number of hydrogen-bond acceptors (Lipinski definition) is 7. The van der Waals surface area contributed by atoms with Gasteiger partial charge in [0.15, 0.2) is 26.9 Å². The first-order chi connectivity index (χ1) is 13.4. The van der Waals surface area contributed by atoms with Gasteiger partial charge in [-0.3, -0.25) is 4.40 Å². The average Bonchev–Trinajstić information content (AvgIpc) is 3.39. The van der Waals surface area contributed by atoms with Crippen LogP contribution in [0.2, 0.25) is 0 Å². The third-order valence-electron chi connectivity index (χ3n) is 5.77. The van der Waals surface area contributed by atoms with E-state index in [9.17, 15) is 8.42 Å². The number of H-pyrrole nitrogens is 1. The number of fused-ring (bicyclic) bond motifs is 3. The minimum Gasteiger partial charge on any atom is -0.360 e. The second-order valence-electron chi connectivity index (χ2n) is 7.67. The maximum atomic E-state index is 12.8. The van der Waals surface area contributed by atoms with E-state index >= 15 is 0 Å². The number of aromatic amines is 1. The third kappa shape index (κ3) is 2.62. The Labute approximate surface area is 161 Å². The molecule has 1 aliphatic carbocycles. The molecule has 28 heavy (non-hydrogen) atoms. The van der Waals surface area contributed by atoms with Crippen LogP contribution in [0.5, 0.6) is 0 Å². The normalized spacial score (nSPS) is 23.1. The summed E-state index contributed by atoms with van der Waals surface area (Å²) in [6.07, 6.45) is 6.41. The van der Waals surface area contributed by atoms with Gasteiger partial charge in [0.2, 0.25) is 0 Å². The largest absolute Gasteiger partial charge is 0.360 e. The van der Waals surface area contributed by atoms with E-state index in [0.29, 0.717) is 17.3 Å². The van der Waals surface area contributed by atoms with Crippen molar-refractivity contribution in [3.8, 4) is 0 Å². The van der Waals surface area contributed by atoms with E-state index in [1.807, 2.05) is 16.7 Å². The summed E-state index contributed by atoms with van der Waals surface area (Å²) < 4.78 is 32.5. The highest BCUT2D eigenvalue weighted by Crippen LogP contribution is 2.43. The smallest absolute Gasteiger partial charge is 0.183 e. The fourth-order valence-electron chi connectivity index (χ4n) is 4.50. The molecule has 3 atom stereocenters. The molecular weight excluding hydrogens is 380 g/mol. The van der Waals surface area contributed by atoms with Crippen molar-refractivity contribution in [3.63, 3.8) is 0 Å². The zero-order chi connectivity index (χ0) is 19.5. The Bertz CT molecular complexity index is 1270. The van der Waals surface area contributed by atoms with Crippen molar-refractivity contribution < 1.29 is 12.9 Å². The van der Waals surface area contributed by atoms with E-state index in [0.717, 1.165) is 29.8 Å². The molecule has 4 aromatic heterocycles. The molecule has 0 amide bonds. The molecule has 0 bridgehead atoms. The van der Waals surface area contributed by atoms with Gasteiger partial charge < -0.3 is 9.51 Å². The molecular formula is C18H20N6O3S. The van der Waals surface area contributed by atoms with Crippen LogP contribution < -0.4 is 0 Å². The molecule has 4 heterocycles. The van der Waals surface area contributed by atoms with E-state index in [-0.39, 0.29) is 22.5 Å².